The number of rotatable bonds is 5. The first-order valence-corrected chi connectivity index (χ1v) is 11.1. The Kier molecular flexibility index (Phi) is 7.85. The van der Waals surface area contributed by atoms with Crippen LogP contribution < -0.4 is 4.90 Å². The van der Waals surface area contributed by atoms with Gasteiger partial charge in [0.1, 0.15) is 0 Å². The van der Waals surface area contributed by atoms with Crippen molar-refractivity contribution in [2.24, 2.45) is 0 Å². The van der Waals surface area contributed by atoms with E-state index in [9.17, 15) is 9.59 Å². The van der Waals surface area contributed by atoms with Crippen LogP contribution in [0.3, 0.4) is 0 Å². The fourth-order valence-corrected chi connectivity index (χ4v) is 4.11. The molecule has 6 nitrogen and oxygen atoms in total. The molecule has 1 fully saturated rings. The summed E-state index contributed by atoms with van der Waals surface area (Å²) in [6.45, 7) is 5.34. The molecule has 1 saturated heterocycles. The van der Waals surface area contributed by atoms with Crippen LogP contribution in [-0.4, -0.2) is 61.1 Å². The lowest BCUT2D eigenvalue weighted by atomic mass is 10.1. The van der Waals surface area contributed by atoms with Gasteiger partial charge in [0.25, 0.3) is 5.91 Å². The van der Waals surface area contributed by atoms with Gasteiger partial charge in [-0.05, 0) is 32.0 Å². The van der Waals surface area contributed by atoms with Crippen molar-refractivity contribution in [1.82, 2.24) is 9.80 Å². The first-order valence-electron chi connectivity index (χ1n) is 10.4. The van der Waals surface area contributed by atoms with Crippen molar-refractivity contribution in [3.63, 3.8) is 0 Å². The molecule has 9 heteroatoms. The van der Waals surface area contributed by atoms with Crippen LogP contribution >= 0.6 is 23.2 Å². The Hall–Kier alpha value is -2.51. The van der Waals surface area contributed by atoms with Crippen LogP contribution in [0.1, 0.15) is 29.8 Å². The third kappa shape index (κ3) is 5.45. The van der Waals surface area contributed by atoms with Crippen molar-refractivity contribution in [2.45, 2.75) is 26.5 Å². The van der Waals surface area contributed by atoms with Gasteiger partial charge in [0.2, 0.25) is 0 Å². The lowest BCUT2D eigenvalue weighted by Crippen LogP contribution is -2.49. The highest BCUT2D eigenvalue weighted by molar-refractivity contribution is 6.39. The quantitative estimate of drug-likeness (QED) is 0.597. The Bertz CT molecular complexity index is 974. The number of carbonyl (C=O) groups is 2. The van der Waals surface area contributed by atoms with Crippen LogP contribution in [0.25, 0.3) is 0 Å². The number of ether oxygens (including phenoxy) is 1. The van der Waals surface area contributed by atoms with Crippen LogP contribution in [0, 0.1) is 5.82 Å². The number of amides is 2. The second-order valence-corrected chi connectivity index (χ2v) is 8.73. The average Bonchev–Trinajstić information content (AvgIpc) is 2.74. The first kappa shape index (κ1) is 24.1. The average molecular weight is 482 g/mol. The van der Waals surface area contributed by atoms with Gasteiger partial charge in [0, 0.05) is 38.8 Å². The van der Waals surface area contributed by atoms with E-state index in [1.54, 1.807) is 62.2 Å². The fraction of sp³-hybridized carbons (Fsp3) is 0.391. The topological polar surface area (TPSA) is 53.1 Å². The molecule has 0 N–H and O–H groups in total. The van der Waals surface area contributed by atoms with Gasteiger partial charge in [0.15, 0.2) is 5.82 Å². The summed E-state index contributed by atoms with van der Waals surface area (Å²) in [5.41, 5.74) is 1.12. The van der Waals surface area contributed by atoms with E-state index >= 15 is 4.39 Å². The van der Waals surface area contributed by atoms with Crippen molar-refractivity contribution in [3.8, 4) is 0 Å². The number of piperazine rings is 1. The molecule has 172 valence electrons. The number of carbonyl (C=O) groups excluding carboxylic acids is 2. The van der Waals surface area contributed by atoms with E-state index in [1.165, 1.54) is 4.90 Å². The molecule has 1 aliphatic heterocycles. The molecule has 2 aromatic rings. The van der Waals surface area contributed by atoms with Gasteiger partial charge in [0.05, 0.1) is 33.9 Å². The maximum Gasteiger partial charge on any atom is 0.410 e. The van der Waals surface area contributed by atoms with Gasteiger partial charge in [-0.15, -0.1) is 0 Å². The Labute approximate surface area is 197 Å². The van der Waals surface area contributed by atoms with Crippen LogP contribution in [0.4, 0.5) is 14.9 Å². The lowest BCUT2D eigenvalue weighted by molar-refractivity contribution is 0.0746. The van der Waals surface area contributed by atoms with Gasteiger partial charge >= 0.3 is 6.09 Å². The zero-order chi connectivity index (χ0) is 23.4. The molecule has 32 heavy (non-hydrogen) atoms. The van der Waals surface area contributed by atoms with Crippen molar-refractivity contribution < 1.29 is 18.7 Å². The Morgan fingerprint density at radius 3 is 2.25 bits per heavy atom. The van der Waals surface area contributed by atoms with Crippen LogP contribution in [-0.2, 0) is 11.3 Å². The number of hydrogen-bond donors (Lipinski definition) is 0. The summed E-state index contributed by atoms with van der Waals surface area (Å²) in [6.07, 6.45) is -0.754. The number of anilines is 1. The molecular weight excluding hydrogens is 456 g/mol. The SMILES string of the molecule is CC(C)OC(=O)N(C)Cc1cccc(N2CCN(C(=O)c3c(Cl)cccc3Cl)CC2)c1F. The zero-order valence-corrected chi connectivity index (χ0v) is 19.8. The maximum absolute atomic E-state index is 15.2. The van der Waals surface area contributed by atoms with E-state index in [0.717, 1.165) is 0 Å². The predicted molar refractivity (Wildman–Crippen MR) is 124 cm³/mol. The molecule has 0 aromatic heterocycles. The molecule has 0 radical (unpaired) electrons. The Morgan fingerprint density at radius 1 is 1.06 bits per heavy atom. The van der Waals surface area contributed by atoms with Crippen LogP contribution in [0.2, 0.25) is 10.0 Å². The first-order chi connectivity index (χ1) is 15.2. The summed E-state index contributed by atoms with van der Waals surface area (Å²) in [7, 11) is 1.57. The standard InChI is InChI=1S/C23H26Cl2FN3O3/c1-15(2)32-23(31)27(3)14-16-6-4-9-19(21(16)26)28-10-12-29(13-11-28)22(30)20-17(24)7-5-8-18(20)25/h4-9,15H,10-14H2,1-3H3. The van der Waals surface area contributed by atoms with E-state index in [1.807, 2.05) is 4.90 Å². The maximum atomic E-state index is 15.2. The molecule has 0 bridgehead atoms. The highest BCUT2D eigenvalue weighted by Gasteiger charge is 2.27. The molecule has 1 heterocycles. The molecule has 0 unspecified atom stereocenters. The van der Waals surface area contributed by atoms with Crippen molar-refractivity contribution in [1.29, 1.82) is 0 Å². The number of hydrogen-bond acceptors (Lipinski definition) is 4. The van der Waals surface area contributed by atoms with E-state index in [2.05, 4.69) is 0 Å². The lowest BCUT2D eigenvalue weighted by Gasteiger charge is -2.36. The van der Waals surface area contributed by atoms with Crippen molar-refractivity contribution in [2.75, 3.05) is 38.1 Å². The third-order valence-corrected chi connectivity index (χ3v) is 5.83. The summed E-state index contributed by atoms with van der Waals surface area (Å²) in [4.78, 5) is 29.8. The molecule has 2 aromatic carbocycles. The van der Waals surface area contributed by atoms with E-state index in [0.29, 0.717) is 47.5 Å². The Balaban J connectivity index is 1.67. The molecule has 0 saturated carbocycles. The number of halogens is 3. The minimum absolute atomic E-state index is 0.0919. The minimum Gasteiger partial charge on any atom is -0.447 e. The zero-order valence-electron chi connectivity index (χ0n) is 18.3. The van der Waals surface area contributed by atoms with Gasteiger partial charge in [-0.2, -0.15) is 0 Å². The second kappa shape index (κ2) is 10.4. The Morgan fingerprint density at radius 2 is 1.66 bits per heavy atom. The van der Waals surface area contributed by atoms with Gasteiger partial charge in [-0.1, -0.05) is 41.4 Å². The third-order valence-electron chi connectivity index (χ3n) is 5.20. The predicted octanol–water partition coefficient (Wildman–Crippen LogP) is 5.07. The minimum atomic E-state index is -0.504. The summed E-state index contributed by atoms with van der Waals surface area (Å²) in [6, 6.07) is 10.1. The van der Waals surface area contributed by atoms with Crippen LogP contribution in [0.5, 0.6) is 0 Å². The van der Waals surface area contributed by atoms with Gasteiger partial charge in [-0.25, -0.2) is 9.18 Å². The molecular formula is C23H26Cl2FN3O3. The van der Waals surface area contributed by atoms with Gasteiger partial charge in [-0.3, -0.25) is 4.79 Å². The smallest absolute Gasteiger partial charge is 0.410 e. The molecule has 2 amide bonds. The second-order valence-electron chi connectivity index (χ2n) is 7.91. The van der Waals surface area contributed by atoms with Crippen molar-refractivity contribution >= 4 is 40.9 Å². The summed E-state index contributed by atoms with van der Waals surface area (Å²) >= 11 is 12.3. The fourth-order valence-electron chi connectivity index (χ4n) is 3.55. The van der Waals surface area contributed by atoms with E-state index in [-0.39, 0.29) is 29.9 Å². The highest BCUT2D eigenvalue weighted by Crippen LogP contribution is 2.28. The normalized spacial score (nSPS) is 14.0. The van der Waals surface area contributed by atoms with E-state index in [4.69, 9.17) is 27.9 Å². The monoisotopic (exact) mass is 481 g/mol. The molecule has 0 atom stereocenters. The van der Waals surface area contributed by atoms with Crippen molar-refractivity contribution in [3.05, 3.63) is 63.4 Å². The molecule has 3 rings (SSSR count). The summed E-state index contributed by atoms with van der Waals surface area (Å²) < 4.78 is 20.4. The van der Waals surface area contributed by atoms with E-state index < -0.39 is 6.09 Å². The van der Waals surface area contributed by atoms with Gasteiger partial charge < -0.3 is 19.4 Å². The summed E-state index contributed by atoms with van der Waals surface area (Å²) in [5, 5.41) is 0.618. The number of benzene rings is 2. The van der Waals surface area contributed by atoms with Crippen LogP contribution in [0.15, 0.2) is 36.4 Å². The molecule has 1 aliphatic rings. The highest BCUT2D eigenvalue weighted by atomic mass is 35.5. The summed E-state index contributed by atoms with van der Waals surface area (Å²) in [5.74, 6) is -0.620. The molecule has 0 spiro atoms. The largest absolute Gasteiger partial charge is 0.447 e. The number of nitrogens with zero attached hydrogens (tertiary/aromatic N) is 3. The molecule has 0 aliphatic carbocycles.